The normalized spacial score (nSPS) is 10.2. The SMILES string of the molecule is COC(=O)N(C)c1ccc(NC(=O)c2cc(OC)c(OCc3ccccc3)c(OC)c2)cc1. The van der Waals surface area contributed by atoms with Crippen LogP contribution >= 0.6 is 0 Å². The third-order valence-corrected chi connectivity index (χ3v) is 4.91. The maximum Gasteiger partial charge on any atom is 0.413 e. The zero-order valence-corrected chi connectivity index (χ0v) is 19.0. The minimum atomic E-state index is -0.486. The maximum atomic E-state index is 12.9. The van der Waals surface area contributed by atoms with Gasteiger partial charge in [-0.3, -0.25) is 9.69 Å². The minimum absolute atomic E-state index is 0.325. The summed E-state index contributed by atoms with van der Waals surface area (Å²) in [5, 5.41) is 2.82. The first-order valence-electron chi connectivity index (χ1n) is 10.1. The van der Waals surface area contributed by atoms with Crippen molar-refractivity contribution < 1.29 is 28.5 Å². The van der Waals surface area contributed by atoms with Gasteiger partial charge in [0.2, 0.25) is 5.75 Å². The van der Waals surface area contributed by atoms with Crippen LogP contribution in [0.4, 0.5) is 16.2 Å². The summed E-state index contributed by atoms with van der Waals surface area (Å²) in [6.07, 6.45) is -0.486. The van der Waals surface area contributed by atoms with E-state index < -0.39 is 6.09 Å². The zero-order valence-electron chi connectivity index (χ0n) is 19.0. The molecule has 0 aromatic heterocycles. The van der Waals surface area contributed by atoms with E-state index in [9.17, 15) is 9.59 Å². The molecule has 0 heterocycles. The molecular weight excluding hydrogens is 424 g/mol. The van der Waals surface area contributed by atoms with Gasteiger partial charge in [0.15, 0.2) is 11.5 Å². The quantitative estimate of drug-likeness (QED) is 0.534. The van der Waals surface area contributed by atoms with E-state index in [-0.39, 0.29) is 5.91 Å². The molecule has 0 aliphatic carbocycles. The third-order valence-electron chi connectivity index (χ3n) is 4.91. The second-order valence-corrected chi connectivity index (χ2v) is 7.01. The van der Waals surface area contributed by atoms with E-state index in [4.69, 9.17) is 18.9 Å². The summed E-state index contributed by atoms with van der Waals surface area (Å²) < 4.78 is 21.5. The monoisotopic (exact) mass is 450 g/mol. The molecule has 0 aliphatic heterocycles. The molecule has 0 bridgehead atoms. The Bertz CT molecular complexity index is 1070. The van der Waals surface area contributed by atoms with Crippen LogP contribution in [0.3, 0.4) is 0 Å². The number of nitrogens with one attached hydrogen (secondary N) is 1. The first kappa shape index (κ1) is 23.5. The van der Waals surface area contributed by atoms with Gasteiger partial charge in [0.25, 0.3) is 5.91 Å². The molecule has 8 heteroatoms. The van der Waals surface area contributed by atoms with Crippen LogP contribution in [0.15, 0.2) is 66.7 Å². The molecule has 2 amide bonds. The van der Waals surface area contributed by atoms with Gasteiger partial charge in [-0.15, -0.1) is 0 Å². The molecule has 3 rings (SSSR count). The molecule has 0 fully saturated rings. The van der Waals surface area contributed by atoms with Gasteiger partial charge in [-0.25, -0.2) is 4.79 Å². The van der Waals surface area contributed by atoms with Gasteiger partial charge in [-0.2, -0.15) is 0 Å². The summed E-state index contributed by atoms with van der Waals surface area (Å²) in [6, 6.07) is 19.7. The highest BCUT2D eigenvalue weighted by Crippen LogP contribution is 2.39. The highest BCUT2D eigenvalue weighted by Gasteiger charge is 2.18. The van der Waals surface area contributed by atoms with Crippen LogP contribution in [0.1, 0.15) is 15.9 Å². The van der Waals surface area contributed by atoms with E-state index in [2.05, 4.69) is 5.32 Å². The molecule has 0 spiro atoms. The van der Waals surface area contributed by atoms with Gasteiger partial charge >= 0.3 is 6.09 Å². The molecule has 8 nitrogen and oxygen atoms in total. The first-order valence-corrected chi connectivity index (χ1v) is 10.1. The predicted octanol–water partition coefficient (Wildman–Crippen LogP) is 4.74. The maximum absolute atomic E-state index is 12.9. The summed E-state index contributed by atoms with van der Waals surface area (Å²) in [4.78, 5) is 25.9. The van der Waals surface area contributed by atoms with Gasteiger partial charge in [0, 0.05) is 24.0 Å². The van der Waals surface area contributed by atoms with E-state index in [1.807, 2.05) is 30.3 Å². The lowest BCUT2D eigenvalue weighted by Gasteiger charge is -2.17. The molecular formula is C25H26N2O6. The number of anilines is 2. The van der Waals surface area contributed by atoms with E-state index >= 15 is 0 Å². The fraction of sp³-hybridized carbons (Fsp3) is 0.200. The van der Waals surface area contributed by atoms with Crippen molar-refractivity contribution in [3.8, 4) is 17.2 Å². The molecule has 3 aromatic rings. The first-order chi connectivity index (χ1) is 16.0. The second kappa shape index (κ2) is 10.9. The topological polar surface area (TPSA) is 86.3 Å². The molecule has 172 valence electrons. The van der Waals surface area contributed by atoms with Crippen LogP contribution in [0.5, 0.6) is 17.2 Å². The van der Waals surface area contributed by atoms with Crippen molar-refractivity contribution >= 4 is 23.4 Å². The van der Waals surface area contributed by atoms with Crippen molar-refractivity contribution in [1.29, 1.82) is 0 Å². The van der Waals surface area contributed by atoms with E-state index in [0.29, 0.717) is 40.8 Å². The number of methoxy groups -OCH3 is 3. The fourth-order valence-electron chi connectivity index (χ4n) is 3.10. The lowest BCUT2D eigenvalue weighted by Crippen LogP contribution is -2.25. The van der Waals surface area contributed by atoms with Gasteiger partial charge in [-0.1, -0.05) is 30.3 Å². The van der Waals surface area contributed by atoms with E-state index in [1.54, 1.807) is 43.4 Å². The molecule has 0 saturated heterocycles. The summed E-state index contributed by atoms with van der Waals surface area (Å²) in [7, 11) is 5.91. The molecule has 0 unspecified atom stereocenters. The second-order valence-electron chi connectivity index (χ2n) is 7.01. The van der Waals surface area contributed by atoms with Crippen LogP contribution in [-0.4, -0.2) is 40.4 Å². The molecule has 0 atom stereocenters. The highest BCUT2D eigenvalue weighted by atomic mass is 16.5. The van der Waals surface area contributed by atoms with Crippen molar-refractivity contribution in [2.45, 2.75) is 6.61 Å². The average molecular weight is 450 g/mol. The van der Waals surface area contributed by atoms with Gasteiger partial charge in [-0.05, 0) is 42.0 Å². The summed E-state index contributed by atoms with van der Waals surface area (Å²) in [5.74, 6) is 0.821. The number of carbonyl (C=O) groups is 2. The van der Waals surface area contributed by atoms with Crippen molar-refractivity contribution in [2.75, 3.05) is 38.6 Å². The Morgan fingerprint density at radius 2 is 1.48 bits per heavy atom. The van der Waals surface area contributed by atoms with Crippen LogP contribution in [0.2, 0.25) is 0 Å². The standard InChI is InChI=1S/C25H26N2O6/c1-27(25(29)32-4)20-12-10-19(11-13-20)26-24(28)18-14-21(30-2)23(22(15-18)31-3)33-16-17-8-6-5-7-9-17/h5-15H,16H2,1-4H3,(H,26,28). The van der Waals surface area contributed by atoms with Crippen molar-refractivity contribution in [3.63, 3.8) is 0 Å². The Morgan fingerprint density at radius 3 is 2.03 bits per heavy atom. The molecule has 3 aromatic carbocycles. The van der Waals surface area contributed by atoms with Crippen molar-refractivity contribution in [1.82, 2.24) is 0 Å². The lowest BCUT2D eigenvalue weighted by atomic mass is 10.1. The Balaban J connectivity index is 1.77. The lowest BCUT2D eigenvalue weighted by molar-refractivity contribution is 0.102. The Labute approximate surface area is 192 Å². The zero-order chi connectivity index (χ0) is 23.8. The van der Waals surface area contributed by atoms with Gasteiger partial charge in [0.05, 0.1) is 21.3 Å². The Morgan fingerprint density at radius 1 is 0.879 bits per heavy atom. The molecule has 1 N–H and O–H groups in total. The fourth-order valence-corrected chi connectivity index (χ4v) is 3.10. The number of ether oxygens (including phenoxy) is 4. The van der Waals surface area contributed by atoms with Gasteiger partial charge < -0.3 is 24.3 Å². The van der Waals surface area contributed by atoms with Crippen LogP contribution in [0, 0.1) is 0 Å². The number of nitrogens with zero attached hydrogens (tertiary/aromatic N) is 1. The minimum Gasteiger partial charge on any atom is -0.493 e. The van der Waals surface area contributed by atoms with Crippen LogP contribution < -0.4 is 24.4 Å². The van der Waals surface area contributed by atoms with E-state index in [0.717, 1.165) is 5.56 Å². The largest absolute Gasteiger partial charge is 0.493 e. The number of carbonyl (C=O) groups excluding carboxylic acids is 2. The third kappa shape index (κ3) is 5.74. The molecule has 33 heavy (non-hydrogen) atoms. The predicted molar refractivity (Wildman–Crippen MR) is 126 cm³/mol. The number of hydrogen-bond donors (Lipinski definition) is 1. The van der Waals surface area contributed by atoms with Gasteiger partial charge in [0.1, 0.15) is 6.61 Å². The van der Waals surface area contributed by atoms with Crippen LogP contribution in [-0.2, 0) is 11.3 Å². The molecule has 0 radical (unpaired) electrons. The Kier molecular flexibility index (Phi) is 7.75. The molecule has 0 aliphatic rings. The summed E-state index contributed by atoms with van der Waals surface area (Å²) in [5.41, 5.74) is 2.52. The summed E-state index contributed by atoms with van der Waals surface area (Å²) in [6.45, 7) is 0.325. The Hall–Kier alpha value is -4.20. The molecule has 0 saturated carbocycles. The number of rotatable bonds is 8. The van der Waals surface area contributed by atoms with Crippen molar-refractivity contribution in [3.05, 3.63) is 77.9 Å². The van der Waals surface area contributed by atoms with Crippen LogP contribution in [0.25, 0.3) is 0 Å². The smallest absolute Gasteiger partial charge is 0.413 e. The summed E-state index contributed by atoms with van der Waals surface area (Å²) >= 11 is 0. The van der Waals surface area contributed by atoms with Crippen molar-refractivity contribution in [2.24, 2.45) is 0 Å². The average Bonchev–Trinajstić information content (AvgIpc) is 2.86. The number of hydrogen-bond acceptors (Lipinski definition) is 6. The highest BCUT2D eigenvalue weighted by molar-refractivity contribution is 6.05. The number of benzene rings is 3. The number of amides is 2. The van der Waals surface area contributed by atoms with E-state index in [1.165, 1.54) is 26.2 Å².